The molecule has 1 aliphatic heterocycles. The van der Waals surface area contributed by atoms with Crippen LogP contribution in [0.25, 0.3) is 10.9 Å². The molecule has 3 rings (SSSR count). The van der Waals surface area contributed by atoms with Gasteiger partial charge in [0.05, 0.1) is 23.6 Å². The molecular formula is C22H20ClN3O4. The number of pyridine rings is 1. The van der Waals surface area contributed by atoms with Crippen LogP contribution in [0, 0.1) is 11.3 Å². The molecule has 2 N–H and O–H groups in total. The lowest BCUT2D eigenvalue weighted by Gasteiger charge is -2.27. The molecule has 0 fully saturated rings. The van der Waals surface area contributed by atoms with Gasteiger partial charge in [0.15, 0.2) is 0 Å². The number of carbonyl (C=O) groups excluding carboxylic acids is 1. The molecule has 1 aromatic heterocycles. The Morgan fingerprint density at radius 1 is 1.47 bits per heavy atom. The van der Waals surface area contributed by atoms with Crippen molar-refractivity contribution in [2.45, 2.75) is 19.8 Å². The zero-order chi connectivity index (χ0) is 21.8. The van der Waals surface area contributed by atoms with Crippen molar-refractivity contribution >= 4 is 28.5 Å². The van der Waals surface area contributed by atoms with Crippen LogP contribution >= 0.6 is 11.6 Å². The van der Waals surface area contributed by atoms with Gasteiger partial charge in [0.25, 0.3) is 0 Å². The maximum absolute atomic E-state index is 12.8. The van der Waals surface area contributed by atoms with Gasteiger partial charge in [0.1, 0.15) is 34.9 Å². The fraction of sp³-hybridized carbons (Fsp3) is 0.227. The van der Waals surface area contributed by atoms with E-state index < -0.39 is 11.9 Å². The first-order chi connectivity index (χ1) is 14.4. The largest absolute Gasteiger partial charge is 0.494 e. The van der Waals surface area contributed by atoms with Crippen LogP contribution in [0.5, 0.6) is 5.75 Å². The highest BCUT2D eigenvalue weighted by atomic mass is 35.5. The van der Waals surface area contributed by atoms with Gasteiger partial charge >= 0.3 is 5.97 Å². The molecule has 154 valence electrons. The number of ether oxygens (including phenoxy) is 3. The number of aromatic nitrogens is 1. The summed E-state index contributed by atoms with van der Waals surface area (Å²) >= 11 is 6.50. The zero-order valence-electron chi connectivity index (χ0n) is 16.6. The van der Waals surface area contributed by atoms with Crippen molar-refractivity contribution < 1.29 is 19.0 Å². The maximum Gasteiger partial charge on any atom is 0.338 e. The summed E-state index contributed by atoms with van der Waals surface area (Å²) in [7, 11) is 0. The van der Waals surface area contributed by atoms with Crippen molar-refractivity contribution in [2.24, 2.45) is 5.73 Å². The van der Waals surface area contributed by atoms with Crippen LogP contribution in [0.3, 0.4) is 0 Å². The number of hydrogen-bond donors (Lipinski definition) is 1. The Bertz CT molecular complexity index is 1130. The third-order valence-electron chi connectivity index (χ3n) is 4.55. The van der Waals surface area contributed by atoms with Gasteiger partial charge in [-0.3, -0.25) is 0 Å². The SMILES string of the molecule is C=CCOC(=O)C1=C(C)OC(N)=C(C#N)C1c1cc2ccc(OCC)cc2nc1Cl. The van der Waals surface area contributed by atoms with Crippen LogP contribution in [0.1, 0.15) is 25.3 Å². The van der Waals surface area contributed by atoms with E-state index in [0.717, 1.165) is 5.39 Å². The third-order valence-corrected chi connectivity index (χ3v) is 4.85. The zero-order valence-corrected chi connectivity index (χ0v) is 17.3. The van der Waals surface area contributed by atoms with E-state index >= 15 is 0 Å². The monoisotopic (exact) mass is 425 g/mol. The fourth-order valence-corrected chi connectivity index (χ4v) is 3.52. The van der Waals surface area contributed by atoms with E-state index in [1.165, 1.54) is 6.08 Å². The Hall–Kier alpha value is -3.50. The second-order valence-electron chi connectivity index (χ2n) is 6.44. The lowest BCUT2D eigenvalue weighted by atomic mass is 9.83. The molecule has 1 unspecified atom stereocenters. The molecule has 1 atom stereocenters. The average Bonchev–Trinajstić information content (AvgIpc) is 2.71. The van der Waals surface area contributed by atoms with E-state index in [9.17, 15) is 10.1 Å². The smallest absolute Gasteiger partial charge is 0.338 e. The second-order valence-corrected chi connectivity index (χ2v) is 6.80. The van der Waals surface area contributed by atoms with Gasteiger partial charge in [-0.25, -0.2) is 9.78 Å². The molecule has 0 saturated carbocycles. The minimum absolute atomic E-state index is 0.00727. The van der Waals surface area contributed by atoms with Crippen molar-refractivity contribution in [3.63, 3.8) is 0 Å². The molecule has 8 heteroatoms. The normalized spacial score (nSPS) is 16.1. The fourth-order valence-electron chi connectivity index (χ4n) is 3.27. The third kappa shape index (κ3) is 3.95. The molecule has 0 bridgehead atoms. The summed E-state index contributed by atoms with van der Waals surface area (Å²) in [5.41, 5.74) is 7.19. The first-order valence-corrected chi connectivity index (χ1v) is 9.58. The number of rotatable bonds is 6. The highest BCUT2D eigenvalue weighted by Gasteiger charge is 2.37. The van der Waals surface area contributed by atoms with Gasteiger partial charge in [-0.05, 0) is 32.0 Å². The highest BCUT2D eigenvalue weighted by molar-refractivity contribution is 6.30. The van der Waals surface area contributed by atoms with Crippen LogP contribution < -0.4 is 10.5 Å². The minimum Gasteiger partial charge on any atom is -0.494 e. The molecule has 2 aromatic rings. The lowest BCUT2D eigenvalue weighted by molar-refractivity contribution is -0.138. The molecular weight excluding hydrogens is 406 g/mol. The summed E-state index contributed by atoms with van der Waals surface area (Å²) in [6.07, 6.45) is 1.45. The van der Waals surface area contributed by atoms with E-state index in [4.69, 9.17) is 31.5 Å². The van der Waals surface area contributed by atoms with Gasteiger partial charge in [-0.1, -0.05) is 24.3 Å². The summed E-state index contributed by atoms with van der Waals surface area (Å²) in [6, 6.07) is 9.21. The van der Waals surface area contributed by atoms with Crippen LogP contribution in [0.2, 0.25) is 5.15 Å². The number of nitrogens with two attached hydrogens (primary N) is 1. The van der Waals surface area contributed by atoms with Crippen molar-refractivity contribution in [1.82, 2.24) is 4.98 Å². The molecule has 2 heterocycles. The van der Waals surface area contributed by atoms with Gasteiger partial charge in [0.2, 0.25) is 5.88 Å². The van der Waals surface area contributed by atoms with Crippen LogP contribution in [0.15, 0.2) is 59.7 Å². The minimum atomic E-state index is -0.878. The number of halogens is 1. The molecule has 0 radical (unpaired) electrons. The Morgan fingerprint density at radius 3 is 2.90 bits per heavy atom. The molecule has 1 aliphatic rings. The molecule has 1 aromatic carbocycles. The van der Waals surface area contributed by atoms with E-state index in [1.54, 1.807) is 19.1 Å². The van der Waals surface area contributed by atoms with Gasteiger partial charge in [-0.15, -0.1) is 0 Å². The Morgan fingerprint density at radius 2 is 2.23 bits per heavy atom. The molecule has 0 amide bonds. The standard InChI is InChI=1S/C22H20ClN3O4/c1-4-8-29-22(27)18-12(3)30-21(25)16(11-24)19(18)15-9-13-6-7-14(28-5-2)10-17(13)26-20(15)23/h4,6-7,9-10,19H,1,5,8,25H2,2-3H3. The summed E-state index contributed by atoms with van der Waals surface area (Å²) in [6.45, 7) is 7.54. The van der Waals surface area contributed by atoms with Crippen LogP contribution in [-0.2, 0) is 14.3 Å². The molecule has 0 spiro atoms. The first-order valence-electron chi connectivity index (χ1n) is 9.20. The summed E-state index contributed by atoms with van der Waals surface area (Å²) < 4.78 is 16.1. The van der Waals surface area contributed by atoms with Gasteiger partial charge in [-0.2, -0.15) is 5.26 Å². The Balaban J connectivity index is 2.18. The van der Waals surface area contributed by atoms with E-state index in [1.807, 2.05) is 25.1 Å². The topological polar surface area (TPSA) is 107 Å². The lowest BCUT2D eigenvalue weighted by Crippen LogP contribution is -2.26. The van der Waals surface area contributed by atoms with E-state index in [0.29, 0.717) is 23.4 Å². The van der Waals surface area contributed by atoms with Crippen molar-refractivity contribution in [1.29, 1.82) is 5.26 Å². The maximum atomic E-state index is 12.8. The first kappa shape index (κ1) is 21.2. The predicted octanol–water partition coefficient (Wildman–Crippen LogP) is 4.10. The average molecular weight is 426 g/mol. The van der Waals surface area contributed by atoms with Crippen molar-refractivity contribution in [3.8, 4) is 11.8 Å². The number of nitriles is 1. The van der Waals surface area contributed by atoms with E-state index in [2.05, 4.69) is 11.6 Å². The van der Waals surface area contributed by atoms with Crippen molar-refractivity contribution in [3.05, 3.63) is 70.4 Å². The number of nitrogens with zero attached hydrogens (tertiary/aromatic N) is 2. The van der Waals surface area contributed by atoms with E-state index in [-0.39, 0.29) is 34.5 Å². The van der Waals surface area contributed by atoms with Gasteiger partial charge in [0, 0.05) is 17.0 Å². The van der Waals surface area contributed by atoms with Crippen molar-refractivity contribution in [2.75, 3.05) is 13.2 Å². The van der Waals surface area contributed by atoms with Crippen LogP contribution in [0.4, 0.5) is 0 Å². The number of benzene rings is 1. The molecule has 0 aliphatic carbocycles. The Kier molecular flexibility index (Phi) is 6.28. The number of esters is 1. The summed E-state index contributed by atoms with van der Waals surface area (Å²) in [4.78, 5) is 17.2. The number of fused-ring (bicyclic) bond motifs is 1. The van der Waals surface area contributed by atoms with Crippen LogP contribution in [-0.4, -0.2) is 24.2 Å². The molecule has 7 nitrogen and oxygen atoms in total. The number of allylic oxidation sites excluding steroid dienone is 2. The number of hydrogen-bond acceptors (Lipinski definition) is 7. The molecule has 30 heavy (non-hydrogen) atoms. The quantitative estimate of drug-likeness (QED) is 0.421. The van der Waals surface area contributed by atoms with Gasteiger partial charge < -0.3 is 19.9 Å². The predicted molar refractivity (Wildman–Crippen MR) is 112 cm³/mol. The second kappa shape index (κ2) is 8.89. The summed E-state index contributed by atoms with van der Waals surface area (Å²) in [5, 5.41) is 10.6. The molecule has 0 saturated heterocycles. The summed E-state index contributed by atoms with van der Waals surface area (Å²) in [5.74, 6) is -0.729. The number of carbonyl (C=O) groups is 1. The highest BCUT2D eigenvalue weighted by Crippen LogP contribution is 2.42. The Labute approximate surface area is 179 Å².